The van der Waals surface area contributed by atoms with E-state index >= 15 is 0 Å². The number of imidazole rings is 1. The van der Waals surface area contributed by atoms with Crippen molar-refractivity contribution in [1.29, 1.82) is 0 Å². The molecule has 26 heavy (non-hydrogen) atoms. The molecule has 1 saturated heterocycles. The number of benzene rings is 1. The molecule has 1 fully saturated rings. The van der Waals surface area contributed by atoms with Crippen molar-refractivity contribution < 1.29 is 0 Å². The zero-order chi connectivity index (χ0) is 18.1. The van der Waals surface area contributed by atoms with Gasteiger partial charge in [0.25, 0.3) is 0 Å². The third-order valence-corrected chi connectivity index (χ3v) is 5.69. The summed E-state index contributed by atoms with van der Waals surface area (Å²) in [5.41, 5.74) is 6.37. The fraction of sp³-hybridized carbons (Fsp3) is 0.364. The predicted molar refractivity (Wildman–Crippen MR) is 105 cm³/mol. The van der Waals surface area contributed by atoms with Gasteiger partial charge in [0.05, 0.1) is 12.2 Å². The molecule has 134 valence electrons. The summed E-state index contributed by atoms with van der Waals surface area (Å²) < 4.78 is 2.11. The number of likely N-dealkylation sites (tertiary alicyclic amines) is 1. The zero-order valence-corrected chi connectivity index (χ0v) is 15.8. The molecule has 0 amide bonds. The van der Waals surface area contributed by atoms with Crippen molar-refractivity contribution in [2.45, 2.75) is 32.7 Å². The standard InChI is InChI=1S/C22H26N4/c1-16-5-4-6-20(17(16)2)21-13-18(7-9-23-21)19-8-11-26(14-19)15-22-24-10-12-25(22)3/h4-7,9-10,12-13,19H,8,11,14-15H2,1-3H3. The molecular formula is C22H26N4. The zero-order valence-electron chi connectivity index (χ0n) is 15.8. The summed E-state index contributed by atoms with van der Waals surface area (Å²) in [6.45, 7) is 7.48. The van der Waals surface area contributed by atoms with Gasteiger partial charge in [-0.15, -0.1) is 0 Å². The minimum absolute atomic E-state index is 0.571. The molecule has 0 N–H and O–H groups in total. The molecule has 4 rings (SSSR count). The largest absolute Gasteiger partial charge is 0.337 e. The molecule has 0 aliphatic carbocycles. The third-order valence-electron chi connectivity index (χ3n) is 5.69. The number of rotatable bonds is 4. The number of pyridine rings is 1. The Morgan fingerprint density at radius 1 is 1.12 bits per heavy atom. The van der Waals surface area contributed by atoms with Crippen LogP contribution in [0.15, 0.2) is 48.9 Å². The van der Waals surface area contributed by atoms with E-state index < -0.39 is 0 Å². The van der Waals surface area contributed by atoms with Crippen LogP contribution in [0.3, 0.4) is 0 Å². The van der Waals surface area contributed by atoms with Crippen molar-refractivity contribution in [2.75, 3.05) is 13.1 Å². The molecule has 4 nitrogen and oxygen atoms in total. The fourth-order valence-corrected chi connectivity index (χ4v) is 3.87. The topological polar surface area (TPSA) is 34.0 Å². The highest BCUT2D eigenvalue weighted by atomic mass is 15.2. The first-order valence-electron chi connectivity index (χ1n) is 9.33. The molecule has 0 radical (unpaired) electrons. The van der Waals surface area contributed by atoms with Crippen molar-refractivity contribution in [2.24, 2.45) is 7.05 Å². The van der Waals surface area contributed by atoms with E-state index in [-0.39, 0.29) is 0 Å². The summed E-state index contributed by atoms with van der Waals surface area (Å²) in [4.78, 5) is 11.6. The molecule has 0 saturated carbocycles. The van der Waals surface area contributed by atoms with E-state index in [0.717, 1.165) is 31.2 Å². The smallest absolute Gasteiger partial charge is 0.122 e. The van der Waals surface area contributed by atoms with Crippen molar-refractivity contribution >= 4 is 0 Å². The minimum atomic E-state index is 0.571. The van der Waals surface area contributed by atoms with Crippen LogP contribution in [0.5, 0.6) is 0 Å². The van der Waals surface area contributed by atoms with Crippen LogP contribution in [-0.4, -0.2) is 32.5 Å². The van der Waals surface area contributed by atoms with Crippen LogP contribution >= 0.6 is 0 Å². The van der Waals surface area contributed by atoms with E-state index in [1.807, 2.05) is 18.6 Å². The van der Waals surface area contributed by atoms with Gasteiger partial charge in [-0.2, -0.15) is 0 Å². The van der Waals surface area contributed by atoms with E-state index in [1.54, 1.807) is 0 Å². The lowest BCUT2D eigenvalue weighted by atomic mass is 9.95. The van der Waals surface area contributed by atoms with E-state index in [9.17, 15) is 0 Å². The van der Waals surface area contributed by atoms with Gasteiger partial charge >= 0.3 is 0 Å². The highest BCUT2D eigenvalue weighted by molar-refractivity contribution is 5.65. The first-order chi connectivity index (χ1) is 12.6. The third kappa shape index (κ3) is 3.29. The fourth-order valence-electron chi connectivity index (χ4n) is 3.87. The van der Waals surface area contributed by atoms with Crippen LogP contribution in [0, 0.1) is 13.8 Å². The minimum Gasteiger partial charge on any atom is -0.337 e. The van der Waals surface area contributed by atoms with E-state index in [4.69, 9.17) is 0 Å². The van der Waals surface area contributed by atoms with Crippen LogP contribution in [-0.2, 0) is 13.6 Å². The maximum Gasteiger partial charge on any atom is 0.122 e. The maximum absolute atomic E-state index is 4.65. The van der Waals surface area contributed by atoms with E-state index in [0.29, 0.717) is 5.92 Å². The Hall–Kier alpha value is -2.46. The van der Waals surface area contributed by atoms with Gasteiger partial charge < -0.3 is 4.57 Å². The number of aryl methyl sites for hydroxylation is 2. The van der Waals surface area contributed by atoms with Gasteiger partial charge in [-0.3, -0.25) is 9.88 Å². The molecule has 3 aromatic rings. The molecule has 1 aromatic carbocycles. The van der Waals surface area contributed by atoms with Gasteiger partial charge in [0, 0.05) is 37.7 Å². The number of hydrogen-bond donors (Lipinski definition) is 0. The highest BCUT2D eigenvalue weighted by Gasteiger charge is 2.25. The average Bonchev–Trinajstić information content (AvgIpc) is 3.27. The van der Waals surface area contributed by atoms with E-state index in [1.165, 1.54) is 28.7 Å². The molecule has 0 spiro atoms. The molecular weight excluding hydrogens is 320 g/mol. The summed E-state index contributed by atoms with van der Waals surface area (Å²) in [5, 5.41) is 0. The van der Waals surface area contributed by atoms with Crippen LogP contribution < -0.4 is 0 Å². The Balaban J connectivity index is 1.52. The molecule has 3 heterocycles. The number of hydrogen-bond acceptors (Lipinski definition) is 3. The normalized spacial score (nSPS) is 17.7. The van der Waals surface area contributed by atoms with Crippen molar-refractivity contribution in [1.82, 2.24) is 19.4 Å². The van der Waals surface area contributed by atoms with Gasteiger partial charge in [0.15, 0.2) is 0 Å². The Morgan fingerprint density at radius 3 is 2.81 bits per heavy atom. The molecule has 1 atom stereocenters. The monoisotopic (exact) mass is 346 g/mol. The Kier molecular flexibility index (Phi) is 4.60. The second-order valence-electron chi connectivity index (χ2n) is 7.40. The molecule has 0 bridgehead atoms. The summed E-state index contributed by atoms with van der Waals surface area (Å²) in [5.74, 6) is 1.71. The van der Waals surface area contributed by atoms with Crippen LogP contribution in [0.1, 0.15) is 34.9 Å². The quantitative estimate of drug-likeness (QED) is 0.713. The molecule has 1 aliphatic heterocycles. The number of nitrogens with zero attached hydrogens (tertiary/aromatic N) is 4. The van der Waals surface area contributed by atoms with Crippen LogP contribution in [0.2, 0.25) is 0 Å². The van der Waals surface area contributed by atoms with Gasteiger partial charge in [-0.1, -0.05) is 18.2 Å². The van der Waals surface area contributed by atoms with Gasteiger partial charge in [-0.05, 0) is 61.6 Å². The summed E-state index contributed by atoms with van der Waals surface area (Å²) >= 11 is 0. The molecule has 1 unspecified atom stereocenters. The number of aromatic nitrogens is 3. The van der Waals surface area contributed by atoms with E-state index in [2.05, 4.69) is 70.7 Å². The van der Waals surface area contributed by atoms with Crippen molar-refractivity contribution in [3.05, 3.63) is 71.4 Å². The highest BCUT2D eigenvalue weighted by Crippen LogP contribution is 2.31. The van der Waals surface area contributed by atoms with Crippen LogP contribution in [0.4, 0.5) is 0 Å². The second-order valence-corrected chi connectivity index (χ2v) is 7.40. The molecule has 4 heteroatoms. The summed E-state index contributed by atoms with van der Waals surface area (Å²) in [6, 6.07) is 10.9. The molecule has 1 aliphatic rings. The van der Waals surface area contributed by atoms with Crippen molar-refractivity contribution in [3.63, 3.8) is 0 Å². The predicted octanol–water partition coefficient (Wildman–Crippen LogP) is 4.09. The Bertz CT molecular complexity index is 912. The summed E-state index contributed by atoms with van der Waals surface area (Å²) in [6.07, 6.45) is 7.05. The molecule has 2 aromatic heterocycles. The first kappa shape index (κ1) is 17.0. The lowest BCUT2D eigenvalue weighted by Gasteiger charge is -2.16. The maximum atomic E-state index is 4.65. The summed E-state index contributed by atoms with van der Waals surface area (Å²) in [7, 11) is 2.06. The lowest BCUT2D eigenvalue weighted by molar-refractivity contribution is 0.314. The van der Waals surface area contributed by atoms with Gasteiger partial charge in [0.2, 0.25) is 0 Å². The lowest BCUT2D eigenvalue weighted by Crippen LogP contribution is -2.21. The average molecular weight is 346 g/mol. The SMILES string of the molecule is Cc1cccc(-c2cc(C3CCN(Cc4nccn4C)C3)ccn2)c1C. The Morgan fingerprint density at radius 2 is 2.00 bits per heavy atom. The first-order valence-corrected chi connectivity index (χ1v) is 9.33. The van der Waals surface area contributed by atoms with Gasteiger partial charge in [-0.25, -0.2) is 4.98 Å². The van der Waals surface area contributed by atoms with Crippen LogP contribution in [0.25, 0.3) is 11.3 Å². The Labute approximate surface area is 155 Å². The second kappa shape index (κ2) is 7.04. The van der Waals surface area contributed by atoms with Gasteiger partial charge in [0.1, 0.15) is 5.82 Å². The van der Waals surface area contributed by atoms with Crippen molar-refractivity contribution in [3.8, 4) is 11.3 Å².